The quantitative estimate of drug-likeness (QED) is 0.108. The first-order chi connectivity index (χ1) is 22.9. The maximum atomic E-state index is 13.8. The minimum absolute atomic E-state index is 0.0197. The smallest absolute Gasteiger partial charge is 0.413 e. The average Bonchev–Trinajstić information content (AvgIpc) is 3.84. The number of allylic oxidation sites excluding steroid dienone is 1. The predicted molar refractivity (Wildman–Crippen MR) is 176 cm³/mol. The van der Waals surface area contributed by atoms with Gasteiger partial charge in [0.15, 0.2) is 23.8 Å². The molecule has 1 aliphatic carbocycles. The highest BCUT2D eigenvalue weighted by molar-refractivity contribution is 6.07. The highest BCUT2D eigenvalue weighted by atomic mass is 16.7. The molecule has 12 heteroatoms. The second-order valence-electron chi connectivity index (χ2n) is 11.4. The first-order valence-electron chi connectivity index (χ1n) is 15.1. The van der Waals surface area contributed by atoms with Gasteiger partial charge in [-0.15, -0.1) is 0 Å². The summed E-state index contributed by atoms with van der Waals surface area (Å²) in [5.74, 6) is -1.06. The van der Waals surface area contributed by atoms with Crippen LogP contribution in [0.2, 0.25) is 0 Å². The number of carbonyl (C=O) groups excluding carboxylic acids is 3. The zero-order valence-corrected chi connectivity index (χ0v) is 26.5. The van der Waals surface area contributed by atoms with Gasteiger partial charge in [-0.3, -0.25) is 20.3 Å². The lowest BCUT2D eigenvalue weighted by Crippen LogP contribution is -2.31. The molecule has 5 rings (SSSR count). The van der Waals surface area contributed by atoms with Crippen molar-refractivity contribution in [3.8, 4) is 11.1 Å². The van der Waals surface area contributed by atoms with Crippen molar-refractivity contribution in [1.29, 1.82) is 5.41 Å². The van der Waals surface area contributed by atoms with E-state index in [1.54, 1.807) is 49.4 Å². The monoisotopic (exact) mass is 650 g/mol. The zero-order valence-electron chi connectivity index (χ0n) is 26.5. The van der Waals surface area contributed by atoms with E-state index in [4.69, 9.17) is 19.6 Å². The number of nitrogens with zero attached hydrogens (tertiary/aromatic N) is 1. The van der Waals surface area contributed by atoms with Crippen molar-refractivity contribution in [2.24, 2.45) is 5.92 Å². The molecule has 0 radical (unpaired) electrons. The van der Waals surface area contributed by atoms with Gasteiger partial charge in [0, 0.05) is 29.7 Å². The average molecular weight is 651 g/mol. The number of ketones is 1. The number of aryl methyl sites for hydroxylation is 1. The molecule has 1 saturated carbocycles. The summed E-state index contributed by atoms with van der Waals surface area (Å²) in [5.41, 5.74) is 2.93. The highest BCUT2D eigenvalue weighted by Crippen LogP contribution is 2.32. The van der Waals surface area contributed by atoms with Crippen molar-refractivity contribution in [3.05, 3.63) is 118 Å². The molecule has 1 aromatic heterocycles. The van der Waals surface area contributed by atoms with E-state index in [0.29, 0.717) is 46.2 Å². The molecule has 0 saturated heterocycles. The third kappa shape index (κ3) is 7.84. The number of carboxylic acid groups (broad SMARTS) is 1. The number of alkyl carbamates (subject to hydrolysis) is 1. The van der Waals surface area contributed by atoms with Crippen molar-refractivity contribution in [2.75, 3.05) is 13.2 Å². The summed E-state index contributed by atoms with van der Waals surface area (Å²) in [7, 11) is 0. The number of rotatable bonds is 12. The van der Waals surface area contributed by atoms with Crippen LogP contribution in [0.15, 0.2) is 79.2 Å². The van der Waals surface area contributed by atoms with Crippen LogP contribution in [-0.4, -0.2) is 52.8 Å². The number of nitrogens with one attached hydrogen (secondary N) is 3. The molecule has 1 aliphatic heterocycles. The number of pyridine rings is 1. The SMILES string of the molecule is C=Cc1cc(C(=O)Cc2ccc(C(=N)NC(=O)OCC3=C(C)OC(=C)O3)cc2)c(-c2ccc(C(=O)NCC3CC3)nc2C(=O)O)cc1C. The Morgan fingerprint density at radius 2 is 1.79 bits per heavy atom. The largest absolute Gasteiger partial charge is 0.476 e. The lowest BCUT2D eigenvalue weighted by atomic mass is 9.89. The summed E-state index contributed by atoms with van der Waals surface area (Å²) in [6.45, 7) is 11.1. The van der Waals surface area contributed by atoms with Crippen LogP contribution in [-0.2, 0) is 20.6 Å². The van der Waals surface area contributed by atoms with Crippen LogP contribution >= 0.6 is 0 Å². The fraction of sp³-hybridized carbons (Fsp3) is 0.222. The number of amidine groups is 1. The molecule has 1 fully saturated rings. The van der Waals surface area contributed by atoms with Crippen molar-refractivity contribution in [2.45, 2.75) is 33.1 Å². The van der Waals surface area contributed by atoms with Crippen LogP contribution in [0.1, 0.15) is 73.4 Å². The second kappa shape index (κ2) is 14.2. The molecule has 2 amide bonds. The van der Waals surface area contributed by atoms with Crippen LogP contribution in [0.25, 0.3) is 17.2 Å². The Balaban J connectivity index is 1.32. The molecule has 246 valence electrons. The highest BCUT2D eigenvalue weighted by Gasteiger charge is 2.25. The first kappa shape index (κ1) is 33.3. The molecule has 0 atom stereocenters. The van der Waals surface area contributed by atoms with Crippen LogP contribution in [0.5, 0.6) is 0 Å². The minimum atomic E-state index is -1.33. The summed E-state index contributed by atoms with van der Waals surface area (Å²) in [6, 6.07) is 12.8. The van der Waals surface area contributed by atoms with Crippen LogP contribution < -0.4 is 10.6 Å². The number of carboxylic acids is 1. The van der Waals surface area contributed by atoms with E-state index in [-0.39, 0.29) is 53.1 Å². The topological polar surface area (TPSA) is 177 Å². The number of carbonyl (C=O) groups is 4. The van der Waals surface area contributed by atoms with Gasteiger partial charge >= 0.3 is 12.1 Å². The molecule has 3 aromatic rings. The van der Waals surface area contributed by atoms with E-state index in [2.05, 4.69) is 28.8 Å². The van der Waals surface area contributed by atoms with Gasteiger partial charge in [0.1, 0.15) is 17.3 Å². The second-order valence-corrected chi connectivity index (χ2v) is 11.4. The molecule has 0 bridgehead atoms. The summed E-state index contributed by atoms with van der Waals surface area (Å²) in [6.07, 6.45) is 2.80. The van der Waals surface area contributed by atoms with E-state index in [9.17, 15) is 24.3 Å². The molecule has 4 N–H and O–H groups in total. The molecular formula is C36H34N4O8. The fourth-order valence-corrected chi connectivity index (χ4v) is 5.01. The third-order valence-corrected chi connectivity index (χ3v) is 7.86. The molecule has 2 aliphatic rings. The van der Waals surface area contributed by atoms with Crippen molar-refractivity contribution in [1.82, 2.24) is 15.6 Å². The molecule has 12 nitrogen and oxygen atoms in total. The van der Waals surface area contributed by atoms with Gasteiger partial charge in [-0.2, -0.15) is 0 Å². The predicted octanol–water partition coefficient (Wildman–Crippen LogP) is 5.76. The van der Waals surface area contributed by atoms with E-state index in [1.165, 1.54) is 12.1 Å². The number of amides is 2. The number of aromatic carboxylic acids is 1. The van der Waals surface area contributed by atoms with E-state index in [1.807, 2.05) is 6.92 Å². The number of aromatic nitrogens is 1. The minimum Gasteiger partial charge on any atom is -0.476 e. The van der Waals surface area contributed by atoms with E-state index in [0.717, 1.165) is 18.4 Å². The van der Waals surface area contributed by atoms with E-state index < -0.39 is 18.0 Å². The third-order valence-electron chi connectivity index (χ3n) is 7.86. The lowest BCUT2D eigenvalue weighted by Gasteiger charge is -2.15. The summed E-state index contributed by atoms with van der Waals surface area (Å²) in [5, 5.41) is 23.4. The van der Waals surface area contributed by atoms with Gasteiger partial charge in [-0.25, -0.2) is 14.6 Å². The molecule has 0 unspecified atom stereocenters. The number of hydrogen-bond acceptors (Lipinski definition) is 9. The maximum absolute atomic E-state index is 13.8. The summed E-state index contributed by atoms with van der Waals surface area (Å²) in [4.78, 5) is 55.1. The van der Waals surface area contributed by atoms with Gasteiger partial charge in [-0.05, 0) is 79.6 Å². The van der Waals surface area contributed by atoms with Crippen molar-refractivity contribution in [3.63, 3.8) is 0 Å². The lowest BCUT2D eigenvalue weighted by molar-refractivity contribution is 0.0690. The Kier molecular flexibility index (Phi) is 9.83. The summed E-state index contributed by atoms with van der Waals surface area (Å²) >= 11 is 0. The van der Waals surface area contributed by atoms with Gasteiger partial charge in [0.05, 0.1) is 0 Å². The van der Waals surface area contributed by atoms with Crippen LogP contribution in [0.4, 0.5) is 4.79 Å². The molecule has 0 spiro atoms. The Hall–Kier alpha value is -6.04. The number of hydrogen-bond donors (Lipinski definition) is 4. The number of benzene rings is 2. The Bertz CT molecular complexity index is 1890. The van der Waals surface area contributed by atoms with Crippen LogP contribution in [0.3, 0.4) is 0 Å². The summed E-state index contributed by atoms with van der Waals surface area (Å²) < 4.78 is 15.5. The Labute approximate surface area is 276 Å². The van der Waals surface area contributed by atoms with Crippen molar-refractivity contribution >= 4 is 35.7 Å². The Morgan fingerprint density at radius 3 is 2.42 bits per heavy atom. The van der Waals surface area contributed by atoms with Crippen molar-refractivity contribution < 1.29 is 38.5 Å². The van der Waals surface area contributed by atoms with Gasteiger partial charge in [0.2, 0.25) is 0 Å². The Morgan fingerprint density at radius 1 is 1.06 bits per heavy atom. The van der Waals surface area contributed by atoms with Gasteiger partial charge in [0.25, 0.3) is 11.9 Å². The molecule has 2 aromatic carbocycles. The van der Waals surface area contributed by atoms with Gasteiger partial charge < -0.3 is 24.6 Å². The number of ether oxygens (including phenoxy) is 3. The number of Topliss-reactive ketones (excluding diaryl/α,β-unsaturated/α-hetero) is 1. The van der Waals surface area contributed by atoms with Gasteiger partial charge in [-0.1, -0.05) is 43.0 Å². The fourth-order valence-electron chi connectivity index (χ4n) is 5.01. The normalized spacial score (nSPS) is 13.7. The van der Waals surface area contributed by atoms with Crippen LogP contribution in [0, 0.1) is 18.3 Å². The molecular weight excluding hydrogens is 616 g/mol. The first-order valence-corrected chi connectivity index (χ1v) is 15.1. The van der Waals surface area contributed by atoms with E-state index >= 15 is 0 Å². The zero-order chi connectivity index (χ0) is 34.5. The molecule has 48 heavy (non-hydrogen) atoms. The standard InChI is InChI=1S/C36H34N4O8/c1-5-24-16-28(27(14-19(24)2)26-12-13-29(39-32(26)35(43)44)34(42)38-17-23-6-7-23)30(41)15-22-8-10-25(11-9-22)33(37)40-36(45)46-18-31-20(3)47-21(4)48-31/h5,8-14,16,23H,1,4,6-7,15,17-18H2,2-3H3,(H,38,42)(H,43,44)(H2,37,40,45). The maximum Gasteiger partial charge on any atom is 0.413 e. The molecule has 2 heterocycles.